The Hall–Kier alpha value is -0.980. The van der Waals surface area contributed by atoms with Gasteiger partial charge in [-0.3, -0.25) is 0 Å². The van der Waals surface area contributed by atoms with Gasteiger partial charge in [0, 0.05) is 25.2 Å². The number of sulfonamides is 1. The van der Waals surface area contributed by atoms with Crippen molar-refractivity contribution in [2.45, 2.75) is 31.7 Å². The van der Waals surface area contributed by atoms with E-state index in [0.717, 1.165) is 6.42 Å². The normalized spacial score (nSPS) is 20.8. The molecule has 1 aliphatic rings. The van der Waals surface area contributed by atoms with Crippen LogP contribution in [0.1, 0.15) is 25.8 Å². The summed E-state index contributed by atoms with van der Waals surface area (Å²) < 4.78 is 40.4. The first-order valence-electron chi connectivity index (χ1n) is 6.85. The quantitative estimate of drug-likeness (QED) is 0.924. The number of rotatable bonds is 4. The summed E-state index contributed by atoms with van der Waals surface area (Å²) in [4.78, 5) is 0.00408. The zero-order chi connectivity index (χ0) is 14.9. The van der Waals surface area contributed by atoms with E-state index >= 15 is 0 Å². The number of benzene rings is 1. The van der Waals surface area contributed by atoms with Gasteiger partial charge in [-0.05, 0) is 30.4 Å². The average Bonchev–Trinajstić information content (AvgIpc) is 2.88. The molecule has 1 fully saturated rings. The van der Waals surface area contributed by atoms with E-state index in [1.807, 2.05) is 0 Å². The maximum absolute atomic E-state index is 13.7. The van der Waals surface area contributed by atoms with Crippen LogP contribution in [0.15, 0.2) is 23.1 Å². The van der Waals surface area contributed by atoms with Gasteiger partial charge in [-0.15, -0.1) is 0 Å². The molecular weight excluding hydrogens is 279 g/mol. The summed E-state index contributed by atoms with van der Waals surface area (Å²) in [7, 11) is -3.66. The van der Waals surface area contributed by atoms with Crippen LogP contribution in [0.25, 0.3) is 0 Å². The maximum atomic E-state index is 13.7. The molecule has 0 aromatic heterocycles. The third kappa shape index (κ3) is 2.73. The van der Waals surface area contributed by atoms with Crippen molar-refractivity contribution in [3.05, 3.63) is 29.6 Å². The van der Waals surface area contributed by atoms with Gasteiger partial charge in [-0.1, -0.05) is 19.9 Å². The molecule has 1 aromatic carbocycles. The Bertz CT molecular complexity index is 587. The topological polar surface area (TPSA) is 63.4 Å². The van der Waals surface area contributed by atoms with Crippen molar-refractivity contribution in [1.29, 1.82) is 0 Å². The first kappa shape index (κ1) is 15.4. The van der Waals surface area contributed by atoms with Crippen molar-refractivity contribution in [2.75, 3.05) is 13.1 Å². The van der Waals surface area contributed by atoms with E-state index in [0.29, 0.717) is 24.9 Å². The number of hydrogen-bond donors (Lipinski definition) is 1. The number of nitrogens with two attached hydrogens (primary N) is 1. The monoisotopic (exact) mass is 300 g/mol. The number of halogens is 1. The minimum absolute atomic E-state index is 0.00408. The molecule has 0 radical (unpaired) electrons. The fourth-order valence-corrected chi connectivity index (χ4v) is 4.39. The van der Waals surface area contributed by atoms with Gasteiger partial charge in [0.25, 0.3) is 0 Å². The molecule has 6 heteroatoms. The van der Waals surface area contributed by atoms with Crippen molar-refractivity contribution in [1.82, 2.24) is 4.31 Å². The standard InChI is InChI=1S/C14H21FN2O2S/c1-10(2)11-6-7-17(9-11)20(18,19)14-5-3-4-13(15)12(14)8-16/h3-5,10-11H,6-9,16H2,1-2H3. The lowest BCUT2D eigenvalue weighted by Crippen LogP contribution is -2.30. The highest BCUT2D eigenvalue weighted by molar-refractivity contribution is 7.89. The molecule has 1 unspecified atom stereocenters. The van der Waals surface area contributed by atoms with Gasteiger partial charge in [0.1, 0.15) is 5.82 Å². The molecule has 0 bridgehead atoms. The van der Waals surface area contributed by atoms with E-state index in [9.17, 15) is 12.8 Å². The summed E-state index contributed by atoms with van der Waals surface area (Å²) >= 11 is 0. The number of nitrogens with zero attached hydrogens (tertiary/aromatic N) is 1. The maximum Gasteiger partial charge on any atom is 0.243 e. The summed E-state index contributed by atoms with van der Waals surface area (Å²) in [6, 6.07) is 4.09. The Morgan fingerprint density at radius 3 is 2.70 bits per heavy atom. The van der Waals surface area contributed by atoms with Crippen molar-refractivity contribution in [3.8, 4) is 0 Å². The smallest absolute Gasteiger partial charge is 0.243 e. The van der Waals surface area contributed by atoms with Crippen LogP contribution in [0, 0.1) is 17.7 Å². The number of hydrogen-bond acceptors (Lipinski definition) is 3. The van der Waals surface area contributed by atoms with Gasteiger partial charge in [0.2, 0.25) is 10.0 Å². The summed E-state index contributed by atoms with van der Waals surface area (Å²) in [6.45, 7) is 5.05. The van der Waals surface area contributed by atoms with Crippen LogP contribution in [0.2, 0.25) is 0 Å². The van der Waals surface area contributed by atoms with Crippen LogP contribution in [-0.4, -0.2) is 25.8 Å². The molecular formula is C14H21FN2O2S. The molecule has 1 aromatic rings. The molecule has 2 N–H and O–H groups in total. The second kappa shape index (κ2) is 5.79. The van der Waals surface area contributed by atoms with Gasteiger partial charge in [-0.2, -0.15) is 4.31 Å². The molecule has 1 atom stereocenters. The summed E-state index contributed by atoms with van der Waals surface area (Å²) in [6.07, 6.45) is 0.851. The largest absolute Gasteiger partial charge is 0.326 e. The molecule has 1 saturated heterocycles. The van der Waals surface area contributed by atoms with Gasteiger partial charge in [0.15, 0.2) is 0 Å². The molecule has 2 rings (SSSR count). The van der Waals surface area contributed by atoms with Crippen molar-refractivity contribution in [2.24, 2.45) is 17.6 Å². The van der Waals surface area contributed by atoms with Gasteiger partial charge in [0.05, 0.1) is 4.90 Å². The third-order valence-corrected chi connectivity index (χ3v) is 5.98. The van der Waals surface area contributed by atoms with E-state index in [2.05, 4.69) is 13.8 Å². The average molecular weight is 300 g/mol. The highest BCUT2D eigenvalue weighted by atomic mass is 32.2. The van der Waals surface area contributed by atoms with Crippen LogP contribution < -0.4 is 5.73 Å². The second-order valence-corrected chi connectivity index (χ2v) is 7.48. The molecule has 0 saturated carbocycles. The zero-order valence-corrected chi connectivity index (χ0v) is 12.7. The molecule has 4 nitrogen and oxygen atoms in total. The van der Waals surface area contributed by atoms with E-state index in [-0.39, 0.29) is 17.0 Å². The SMILES string of the molecule is CC(C)C1CCN(S(=O)(=O)c2cccc(F)c2CN)C1. The molecule has 0 spiro atoms. The minimum Gasteiger partial charge on any atom is -0.326 e. The summed E-state index contributed by atoms with van der Waals surface area (Å²) in [5, 5.41) is 0. The Morgan fingerprint density at radius 2 is 2.15 bits per heavy atom. The molecule has 112 valence electrons. The first-order valence-corrected chi connectivity index (χ1v) is 8.29. The first-order chi connectivity index (χ1) is 9.37. The van der Waals surface area contributed by atoms with E-state index < -0.39 is 15.8 Å². The van der Waals surface area contributed by atoms with Gasteiger partial charge < -0.3 is 5.73 Å². The predicted molar refractivity (Wildman–Crippen MR) is 76.0 cm³/mol. The van der Waals surface area contributed by atoms with Crippen molar-refractivity contribution in [3.63, 3.8) is 0 Å². The lowest BCUT2D eigenvalue weighted by atomic mass is 9.96. The third-order valence-electron chi connectivity index (χ3n) is 4.03. The minimum atomic E-state index is -3.66. The van der Waals surface area contributed by atoms with Crippen LogP contribution in [0.5, 0.6) is 0 Å². The molecule has 0 aliphatic carbocycles. The zero-order valence-electron chi connectivity index (χ0n) is 11.8. The van der Waals surface area contributed by atoms with Crippen LogP contribution in [-0.2, 0) is 16.6 Å². The molecule has 0 amide bonds. The molecule has 1 heterocycles. The van der Waals surface area contributed by atoms with Crippen molar-refractivity contribution >= 4 is 10.0 Å². The highest BCUT2D eigenvalue weighted by Gasteiger charge is 2.35. The Labute approximate surface area is 119 Å². The Morgan fingerprint density at radius 1 is 1.45 bits per heavy atom. The van der Waals surface area contributed by atoms with E-state index in [1.165, 1.54) is 22.5 Å². The fourth-order valence-electron chi connectivity index (χ4n) is 2.63. The van der Waals surface area contributed by atoms with Crippen LogP contribution in [0.3, 0.4) is 0 Å². The van der Waals surface area contributed by atoms with Crippen LogP contribution >= 0.6 is 0 Å². The fraction of sp³-hybridized carbons (Fsp3) is 0.571. The Balaban J connectivity index is 2.35. The molecule has 20 heavy (non-hydrogen) atoms. The van der Waals surface area contributed by atoms with Crippen LogP contribution in [0.4, 0.5) is 4.39 Å². The van der Waals surface area contributed by atoms with Gasteiger partial charge in [-0.25, -0.2) is 12.8 Å². The second-order valence-electron chi connectivity index (χ2n) is 5.58. The Kier molecular flexibility index (Phi) is 4.46. The lowest BCUT2D eigenvalue weighted by Gasteiger charge is -2.19. The summed E-state index contributed by atoms with van der Waals surface area (Å²) in [5.74, 6) is 0.240. The van der Waals surface area contributed by atoms with Gasteiger partial charge >= 0.3 is 0 Å². The lowest BCUT2D eigenvalue weighted by molar-refractivity contribution is 0.388. The molecule has 1 aliphatic heterocycles. The predicted octanol–water partition coefficient (Wildman–Crippen LogP) is 1.95. The van der Waals surface area contributed by atoms with E-state index in [4.69, 9.17) is 5.73 Å². The highest BCUT2D eigenvalue weighted by Crippen LogP contribution is 2.30. The summed E-state index contributed by atoms with van der Waals surface area (Å²) in [5.41, 5.74) is 5.57. The van der Waals surface area contributed by atoms with Crippen molar-refractivity contribution < 1.29 is 12.8 Å². The van der Waals surface area contributed by atoms with E-state index in [1.54, 1.807) is 0 Å².